The van der Waals surface area contributed by atoms with Crippen LogP contribution in [0.2, 0.25) is 0 Å². The van der Waals surface area contributed by atoms with Crippen LogP contribution in [0, 0.1) is 17.1 Å². The summed E-state index contributed by atoms with van der Waals surface area (Å²) in [7, 11) is 0. The van der Waals surface area contributed by atoms with E-state index >= 15 is 0 Å². The van der Waals surface area contributed by atoms with Crippen molar-refractivity contribution in [3.05, 3.63) is 35.4 Å². The van der Waals surface area contributed by atoms with Crippen molar-refractivity contribution in [2.24, 2.45) is 0 Å². The first kappa shape index (κ1) is 16.7. The molecule has 2 aromatic rings. The second-order valence-corrected chi connectivity index (χ2v) is 7.63. The molecule has 0 bridgehead atoms. The molecular formula is C17H20FN5S. The van der Waals surface area contributed by atoms with Crippen LogP contribution in [-0.2, 0) is 5.41 Å². The van der Waals surface area contributed by atoms with Gasteiger partial charge in [0.1, 0.15) is 11.6 Å². The van der Waals surface area contributed by atoms with Gasteiger partial charge < -0.3 is 9.80 Å². The largest absolute Gasteiger partial charge is 0.366 e. The molecular weight excluding hydrogens is 325 g/mol. The monoisotopic (exact) mass is 345 g/mol. The van der Waals surface area contributed by atoms with E-state index in [0.717, 1.165) is 24.0 Å². The topological polar surface area (TPSA) is 56.1 Å². The lowest BCUT2D eigenvalue weighted by Gasteiger charge is -2.35. The van der Waals surface area contributed by atoms with Crippen LogP contribution in [0.5, 0.6) is 0 Å². The second-order valence-electron chi connectivity index (χ2n) is 6.90. The summed E-state index contributed by atoms with van der Waals surface area (Å²) >= 11 is 1.42. The van der Waals surface area contributed by atoms with Crippen molar-refractivity contribution >= 4 is 22.4 Å². The minimum absolute atomic E-state index is 0.0534. The van der Waals surface area contributed by atoms with E-state index in [0.29, 0.717) is 24.3 Å². The predicted octanol–water partition coefficient (Wildman–Crippen LogP) is 3.17. The third kappa shape index (κ3) is 3.34. The Bertz CT molecular complexity index is 766. The molecule has 126 valence electrons. The molecule has 0 saturated carbocycles. The lowest BCUT2D eigenvalue weighted by molar-refractivity contribution is 0.552. The van der Waals surface area contributed by atoms with Crippen LogP contribution in [0.25, 0.3) is 0 Å². The molecule has 0 amide bonds. The summed E-state index contributed by atoms with van der Waals surface area (Å²) in [5.41, 5.74) is 0.849. The van der Waals surface area contributed by atoms with Crippen LogP contribution in [0.1, 0.15) is 32.2 Å². The van der Waals surface area contributed by atoms with E-state index in [2.05, 4.69) is 35.0 Å². The maximum atomic E-state index is 14.1. The zero-order valence-electron chi connectivity index (χ0n) is 14.1. The molecule has 0 spiro atoms. The van der Waals surface area contributed by atoms with Gasteiger partial charge in [0.05, 0.1) is 17.3 Å². The van der Waals surface area contributed by atoms with Gasteiger partial charge in [-0.05, 0) is 18.2 Å². The van der Waals surface area contributed by atoms with Crippen LogP contribution in [0.3, 0.4) is 0 Å². The summed E-state index contributed by atoms with van der Waals surface area (Å²) in [6.07, 6.45) is 0. The van der Waals surface area contributed by atoms with Gasteiger partial charge in [-0.15, -0.1) is 0 Å². The van der Waals surface area contributed by atoms with Gasteiger partial charge in [0, 0.05) is 43.1 Å². The number of hydrogen-bond donors (Lipinski definition) is 0. The molecule has 1 saturated heterocycles. The summed E-state index contributed by atoms with van der Waals surface area (Å²) < 4.78 is 18.6. The zero-order chi connectivity index (χ0) is 17.3. The zero-order valence-corrected chi connectivity index (χ0v) is 14.9. The fourth-order valence-electron chi connectivity index (χ4n) is 2.62. The highest BCUT2D eigenvalue weighted by molar-refractivity contribution is 7.09. The number of hydrogen-bond acceptors (Lipinski definition) is 6. The van der Waals surface area contributed by atoms with Crippen molar-refractivity contribution in [3.63, 3.8) is 0 Å². The van der Waals surface area contributed by atoms with E-state index in [9.17, 15) is 4.39 Å². The molecule has 5 nitrogen and oxygen atoms in total. The number of halogens is 1. The predicted molar refractivity (Wildman–Crippen MR) is 94.2 cm³/mol. The summed E-state index contributed by atoms with van der Waals surface area (Å²) in [4.78, 5) is 8.86. The summed E-state index contributed by atoms with van der Waals surface area (Å²) in [5, 5.41) is 9.76. The third-order valence-electron chi connectivity index (χ3n) is 4.05. The Hall–Kier alpha value is -2.20. The summed E-state index contributed by atoms with van der Waals surface area (Å²) in [6.45, 7) is 9.29. The molecule has 1 aliphatic rings. The van der Waals surface area contributed by atoms with Crippen molar-refractivity contribution in [2.75, 3.05) is 36.0 Å². The maximum Gasteiger partial charge on any atom is 0.205 e. The third-order valence-corrected chi connectivity index (χ3v) is 4.83. The quantitative estimate of drug-likeness (QED) is 0.837. The van der Waals surface area contributed by atoms with Gasteiger partial charge in [-0.2, -0.15) is 9.64 Å². The van der Waals surface area contributed by atoms with Crippen molar-refractivity contribution in [3.8, 4) is 6.07 Å². The standard InChI is InChI=1S/C17H20FN5S/c1-17(2,3)15-20-16(24-21-15)23-8-6-22(7-9-23)14-5-4-12(11-19)10-13(14)18/h4-5,10H,6-9H2,1-3H3. The molecule has 0 N–H and O–H groups in total. The highest BCUT2D eigenvalue weighted by Crippen LogP contribution is 2.27. The summed E-state index contributed by atoms with van der Waals surface area (Å²) in [5.74, 6) is 0.525. The fourth-order valence-corrected chi connectivity index (χ4v) is 3.53. The average molecular weight is 345 g/mol. The van der Waals surface area contributed by atoms with Crippen LogP contribution >= 0.6 is 11.5 Å². The summed E-state index contributed by atoms with van der Waals surface area (Å²) in [6, 6.07) is 6.60. The Kier molecular flexibility index (Phi) is 4.41. The van der Waals surface area contributed by atoms with Crippen molar-refractivity contribution in [2.45, 2.75) is 26.2 Å². The fraction of sp³-hybridized carbons (Fsp3) is 0.471. The van der Waals surface area contributed by atoms with Crippen LogP contribution in [0.4, 0.5) is 15.2 Å². The van der Waals surface area contributed by atoms with Gasteiger partial charge in [0.25, 0.3) is 0 Å². The molecule has 0 atom stereocenters. The lowest BCUT2D eigenvalue weighted by Crippen LogP contribution is -2.46. The number of nitrogens with zero attached hydrogens (tertiary/aromatic N) is 5. The Morgan fingerprint density at radius 1 is 1.17 bits per heavy atom. The number of anilines is 2. The lowest BCUT2D eigenvalue weighted by atomic mass is 9.96. The minimum atomic E-state index is -0.339. The van der Waals surface area contributed by atoms with E-state index < -0.39 is 0 Å². The Labute approximate surface area is 145 Å². The van der Waals surface area contributed by atoms with Gasteiger partial charge in [-0.25, -0.2) is 9.37 Å². The van der Waals surface area contributed by atoms with Crippen LogP contribution < -0.4 is 9.80 Å². The molecule has 24 heavy (non-hydrogen) atoms. The molecule has 1 aromatic heterocycles. The molecule has 0 aliphatic carbocycles. The number of piperazine rings is 1. The Morgan fingerprint density at radius 2 is 1.83 bits per heavy atom. The molecule has 1 aliphatic heterocycles. The van der Waals surface area contributed by atoms with Gasteiger partial charge in [-0.1, -0.05) is 20.8 Å². The number of rotatable bonds is 2. The van der Waals surface area contributed by atoms with Gasteiger partial charge in [-0.3, -0.25) is 0 Å². The van der Waals surface area contributed by atoms with E-state index in [4.69, 9.17) is 5.26 Å². The normalized spacial score (nSPS) is 15.5. The van der Waals surface area contributed by atoms with Gasteiger partial charge in [0.2, 0.25) is 5.13 Å². The first-order valence-electron chi connectivity index (χ1n) is 7.92. The molecule has 0 radical (unpaired) electrons. The highest BCUT2D eigenvalue weighted by atomic mass is 32.1. The minimum Gasteiger partial charge on any atom is -0.366 e. The maximum absolute atomic E-state index is 14.1. The van der Waals surface area contributed by atoms with E-state index in [1.807, 2.05) is 11.0 Å². The van der Waals surface area contributed by atoms with E-state index in [1.54, 1.807) is 12.1 Å². The SMILES string of the molecule is CC(C)(C)c1nsc(N2CCN(c3ccc(C#N)cc3F)CC2)n1. The average Bonchev–Trinajstić information content (AvgIpc) is 3.05. The van der Waals surface area contributed by atoms with Crippen molar-refractivity contribution in [1.82, 2.24) is 9.36 Å². The molecule has 2 heterocycles. The second kappa shape index (κ2) is 6.36. The molecule has 1 fully saturated rings. The van der Waals surface area contributed by atoms with E-state index in [-0.39, 0.29) is 11.2 Å². The van der Waals surface area contributed by atoms with E-state index in [1.165, 1.54) is 17.6 Å². The number of aromatic nitrogens is 2. The molecule has 1 aromatic carbocycles. The van der Waals surface area contributed by atoms with Crippen molar-refractivity contribution in [1.29, 1.82) is 5.26 Å². The molecule has 3 rings (SSSR count). The molecule has 7 heteroatoms. The van der Waals surface area contributed by atoms with Crippen molar-refractivity contribution < 1.29 is 4.39 Å². The first-order chi connectivity index (χ1) is 11.4. The molecule has 0 unspecified atom stereocenters. The van der Waals surface area contributed by atoms with Crippen LogP contribution in [-0.4, -0.2) is 35.5 Å². The first-order valence-corrected chi connectivity index (χ1v) is 8.69. The highest BCUT2D eigenvalue weighted by Gasteiger charge is 2.25. The Balaban J connectivity index is 1.68. The van der Waals surface area contributed by atoms with Gasteiger partial charge >= 0.3 is 0 Å². The smallest absolute Gasteiger partial charge is 0.205 e. The Morgan fingerprint density at radius 3 is 2.38 bits per heavy atom. The van der Waals surface area contributed by atoms with Gasteiger partial charge in [0.15, 0.2) is 0 Å². The van der Waals surface area contributed by atoms with Crippen LogP contribution in [0.15, 0.2) is 18.2 Å². The number of benzene rings is 1. The number of nitriles is 1.